The fourth-order valence-corrected chi connectivity index (χ4v) is 1.88. The van der Waals surface area contributed by atoms with Gasteiger partial charge >= 0.3 is 6.09 Å². The molecule has 0 aromatic heterocycles. The van der Waals surface area contributed by atoms with E-state index < -0.39 is 6.09 Å². The summed E-state index contributed by atoms with van der Waals surface area (Å²) < 4.78 is 5.17. The van der Waals surface area contributed by atoms with Gasteiger partial charge in [-0.15, -0.1) is 0 Å². The second-order valence-electron chi connectivity index (χ2n) is 4.39. The maximum atomic E-state index is 11.8. The minimum Gasteiger partial charge on any atom is -0.445 e. The number of rotatable bonds is 2. The number of hydrogen-bond acceptors (Lipinski definition) is 3. The van der Waals surface area contributed by atoms with E-state index in [4.69, 9.17) is 4.74 Å². The average Bonchev–Trinajstić information content (AvgIpc) is 2.36. The van der Waals surface area contributed by atoms with Crippen molar-refractivity contribution in [3.05, 3.63) is 35.9 Å². The van der Waals surface area contributed by atoms with Gasteiger partial charge in [0.25, 0.3) is 0 Å². The predicted octanol–water partition coefficient (Wildman–Crippen LogP) is 1.14. The Morgan fingerprint density at radius 2 is 2.17 bits per heavy atom. The van der Waals surface area contributed by atoms with Crippen LogP contribution in [0.1, 0.15) is 12.5 Å². The third-order valence-electron chi connectivity index (χ3n) is 2.70. The number of carbonyl (C=O) groups is 2. The Morgan fingerprint density at radius 1 is 1.44 bits per heavy atom. The molecule has 1 unspecified atom stereocenters. The Morgan fingerprint density at radius 3 is 2.83 bits per heavy atom. The van der Waals surface area contributed by atoms with Gasteiger partial charge < -0.3 is 10.1 Å². The van der Waals surface area contributed by atoms with Crippen molar-refractivity contribution in [2.75, 3.05) is 13.1 Å². The first-order valence-corrected chi connectivity index (χ1v) is 5.90. The lowest BCUT2D eigenvalue weighted by Gasteiger charge is -2.30. The first-order chi connectivity index (χ1) is 8.65. The summed E-state index contributed by atoms with van der Waals surface area (Å²) in [6.07, 6.45) is -0.444. The first-order valence-electron chi connectivity index (χ1n) is 5.90. The van der Waals surface area contributed by atoms with E-state index in [9.17, 15) is 9.59 Å². The van der Waals surface area contributed by atoms with Gasteiger partial charge in [0.05, 0.1) is 0 Å². The molecule has 1 saturated heterocycles. The summed E-state index contributed by atoms with van der Waals surface area (Å²) >= 11 is 0. The molecule has 5 heteroatoms. The molecule has 0 aliphatic carbocycles. The molecule has 0 spiro atoms. The molecule has 1 aromatic rings. The van der Waals surface area contributed by atoms with E-state index in [1.807, 2.05) is 37.3 Å². The van der Waals surface area contributed by atoms with Crippen LogP contribution in [0.2, 0.25) is 0 Å². The molecule has 0 radical (unpaired) electrons. The summed E-state index contributed by atoms with van der Waals surface area (Å²) in [6, 6.07) is 9.43. The third-order valence-corrected chi connectivity index (χ3v) is 2.70. The summed E-state index contributed by atoms with van der Waals surface area (Å²) in [7, 11) is 0. The summed E-state index contributed by atoms with van der Waals surface area (Å²) in [6.45, 7) is 2.64. The van der Waals surface area contributed by atoms with Crippen molar-refractivity contribution < 1.29 is 14.3 Å². The highest BCUT2D eigenvalue weighted by atomic mass is 16.6. The van der Waals surface area contributed by atoms with Crippen LogP contribution in [0.15, 0.2) is 30.3 Å². The molecule has 1 N–H and O–H groups in total. The number of ether oxygens (including phenoxy) is 1. The second-order valence-corrected chi connectivity index (χ2v) is 4.39. The topological polar surface area (TPSA) is 58.6 Å². The summed E-state index contributed by atoms with van der Waals surface area (Å²) in [5.74, 6) is -0.148. The minimum atomic E-state index is -0.444. The SMILES string of the molecule is CC1CN(C(=O)OCc2ccccc2)CC(=O)N1. The van der Waals surface area contributed by atoms with E-state index in [2.05, 4.69) is 5.32 Å². The minimum absolute atomic E-state index is 0.0319. The molecule has 0 saturated carbocycles. The van der Waals surface area contributed by atoms with Crippen LogP contribution in [-0.4, -0.2) is 36.0 Å². The maximum absolute atomic E-state index is 11.8. The second kappa shape index (κ2) is 5.53. The predicted molar refractivity (Wildman–Crippen MR) is 65.8 cm³/mol. The van der Waals surface area contributed by atoms with Crippen LogP contribution in [-0.2, 0) is 16.1 Å². The third kappa shape index (κ3) is 3.23. The number of hydrogen-bond donors (Lipinski definition) is 1. The van der Waals surface area contributed by atoms with Crippen LogP contribution in [0.5, 0.6) is 0 Å². The van der Waals surface area contributed by atoms with Crippen molar-refractivity contribution in [2.45, 2.75) is 19.6 Å². The molecule has 1 fully saturated rings. The average molecular weight is 248 g/mol. The van der Waals surface area contributed by atoms with Gasteiger partial charge in [-0.2, -0.15) is 0 Å². The van der Waals surface area contributed by atoms with Gasteiger partial charge in [0, 0.05) is 12.6 Å². The lowest BCUT2D eigenvalue weighted by atomic mass is 10.2. The highest BCUT2D eigenvalue weighted by molar-refractivity contribution is 5.83. The van der Waals surface area contributed by atoms with Crippen LogP contribution in [0.25, 0.3) is 0 Å². The Bertz CT molecular complexity index is 433. The Balaban J connectivity index is 1.86. The summed E-state index contributed by atoms with van der Waals surface area (Å²) in [5, 5.41) is 2.75. The monoisotopic (exact) mass is 248 g/mol. The van der Waals surface area contributed by atoms with E-state index >= 15 is 0 Å². The van der Waals surface area contributed by atoms with Gasteiger partial charge in [-0.1, -0.05) is 30.3 Å². The van der Waals surface area contributed by atoms with Crippen LogP contribution >= 0.6 is 0 Å². The van der Waals surface area contributed by atoms with Crippen LogP contribution in [0, 0.1) is 0 Å². The highest BCUT2D eigenvalue weighted by Gasteiger charge is 2.26. The van der Waals surface area contributed by atoms with Crippen molar-refractivity contribution >= 4 is 12.0 Å². The van der Waals surface area contributed by atoms with Crippen molar-refractivity contribution in [2.24, 2.45) is 0 Å². The van der Waals surface area contributed by atoms with E-state index in [0.29, 0.717) is 6.54 Å². The lowest BCUT2D eigenvalue weighted by molar-refractivity contribution is -0.124. The normalized spacial score (nSPS) is 19.3. The fourth-order valence-electron chi connectivity index (χ4n) is 1.88. The summed E-state index contributed by atoms with van der Waals surface area (Å²) in [5.41, 5.74) is 0.931. The number of amides is 2. The van der Waals surface area contributed by atoms with Gasteiger partial charge in [-0.25, -0.2) is 4.79 Å². The van der Waals surface area contributed by atoms with Gasteiger partial charge in [0.1, 0.15) is 13.2 Å². The van der Waals surface area contributed by atoms with Crippen LogP contribution in [0.4, 0.5) is 4.79 Å². The fraction of sp³-hybridized carbons (Fsp3) is 0.385. The number of piperazine rings is 1. The van der Waals surface area contributed by atoms with Crippen LogP contribution in [0.3, 0.4) is 0 Å². The first kappa shape index (κ1) is 12.4. The van der Waals surface area contributed by atoms with Crippen LogP contribution < -0.4 is 5.32 Å². The van der Waals surface area contributed by atoms with E-state index in [-0.39, 0.29) is 25.1 Å². The van der Waals surface area contributed by atoms with Crippen molar-refractivity contribution in [1.29, 1.82) is 0 Å². The van der Waals surface area contributed by atoms with Gasteiger partial charge in [-0.3, -0.25) is 9.69 Å². The van der Waals surface area contributed by atoms with E-state index in [1.165, 1.54) is 4.90 Å². The summed E-state index contributed by atoms with van der Waals surface area (Å²) in [4.78, 5) is 24.5. The smallest absolute Gasteiger partial charge is 0.410 e. The Labute approximate surface area is 106 Å². The van der Waals surface area contributed by atoms with E-state index in [0.717, 1.165) is 5.56 Å². The molecular formula is C13H16N2O3. The molecule has 1 aliphatic rings. The molecule has 18 heavy (non-hydrogen) atoms. The molecule has 1 heterocycles. The Hall–Kier alpha value is -2.04. The largest absolute Gasteiger partial charge is 0.445 e. The van der Waals surface area contributed by atoms with Gasteiger partial charge in [0.2, 0.25) is 5.91 Å². The zero-order valence-corrected chi connectivity index (χ0v) is 10.3. The van der Waals surface area contributed by atoms with Gasteiger partial charge in [-0.05, 0) is 12.5 Å². The zero-order chi connectivity index (χ0) is 13.0. The maximum Gasteiger partial charge on any atom is 0.410 e. The highest BCUT2D eigenvalue weighted by Crippen LogP contribution is 2.06. The standard InChI is InChI=1S/C13H16N2O3/c1-10-7-15(8-12(16)14-10)13(17)18-9-11-5-3-2-4-6-11/h2-6,10H,7-9H2,1H3,(H,14,16). The molecule has 0 bridgehead atoms. The van der Waals surface area contributed by atoms with Crippen molar-refractivity contribution in [1.82, 2.24) is 10.2 Å². The number of nitrogens with zero attached hydrogens (tertiary/aromatic N) is 1. The Kier molecular flexibility index (Phi) is 3.82. The van der Waals surface area contributed by atoms with Crippen molar-refractivity contribution in [3.8, 4) is 0 Å². The molecule has 2 rings (SSSR count). The number of benzene rings is 1. The molecule has 1 aliphatic heterocycles. The zero-order valence-electron chi connectivity index (χ0n) is 10.3. The van der Waals surface area contributed by atoms with Crippen molar-refractivity contribution in [3.63, 3.8) is 0 Å². The number of nitrogens with one attached hydrogen (secondary N) is 1. The van der Waals surface area contributed by atoms with E-state index in [1.54, 1.807) is 0 Å². The lowest BCUT2D eigenvalue weighted by Crippen LogP contribution is -2.54. The van der Waals surface area contributed by atoms with Gasteiger partial charge in [0.15, 0.2) is 0 Å². The molecule has 96 valence electrons. The molecular weight excluding hydrogens is 232 g/mol. The molecule has 1 aromatic carbocycles. The molecule has 2 amide bonds. The molecule has 5 nitrogen and oxygen atoms in total. The quantitative estimate of drug-likeness (QED) is 0.854. The number of carbonyl (C=O) groups excluding carboxylic acids is 2. The molecule has 1 atom stereocenters.